The summed E-state index contributed by atoms with van der Waals surface area (Å²) < 4.78 is 5.81. The first-order chi connectivity index (χ1) is 17.0. The topological polar surface area (TPSA) is 29.5 Å². The predicted molar refractivity (Wildman–Crippen MR) is 153 cm³/mol. The zero-order valence-electron chi connectivity index (χ0n) is 20.7. The molecule has 0 aromatic heterocycles. The number of ketones is 1. The van der Waals surface area contributed by atoms with Crippen LogP contribution in [0.25, 0.3) is 0 Å². The Morgan fingerprint density at radius 2 is 1.29 bits per heavy atom. The van der Waals surface area contributed by atoms with E-state index in [2.05, 4.69) is 92.2 Å². The lowest BCUT2D eigenvalue weighted by Crippen LogP contribution is -2.32. The van der Waals surface area contributed by atoms with Gasteiger partial charge >= 0.3 is 0 Å². The van der Waals surface area contributed by atoms with Crippen molar-refractivity contribution < 1.29 is 9.53 Å². The number of nitrogens with zero attached hydrogens (tertiary/aromatic N) is 1. The molecule has 0 radical (unpaired) electrons. The summed E-state index contributed by atoms with van der Waals surface area (Å²) in [6.45, 7) is 7.92. The third kappa shape index (κ3) is 9.55. The van der Waals surface area contributed by atoms with Crippen molar-refractivity contribution in [3.8, 4) is 5.75 Å². The van der Waals surface area contributed by atoms with Crippen LogP contribution >= 0.6 is 31.9 Å². The standard InChI is InChI=1S/C22H27NO2.C8H8Br2/c1-17-11-13-23(14-12-17)15-19-3-5-20(6-4-19)16-25-22-9-7-21(8-10-22)18(2)24;9-5-7-1-2-8(6-10)4-3-7/h3-10,17H,11-16H2,1-2H3;1-4H,5-6H2. The Labute approximate surface area is 227 Å². The summed E-state index contributed by atoms with van der Waals surface area (Å²) >= 11 is 6.78. The Hall–Kier alpha value is -1.95. The SMILES string of the molecule is BrCc1ccc(CBr)cc1.CC(=O)c1ccc(OCc2ccc(CN3CCC(C)CC3)cc2)cc1. The Morgan fingerprint density at radius 3 is 1.77 bits per heavy atom. The van der Waals surface area contributed by atoms with Crippen molar-refractivity contribution in [1.82, 2.24) is 4.90 Å². The van der Waals surface area contributed by atoms with Gasteiger partial charge in [-0.15, -0.1) is 0 Å². The van der Waals surface area contributed by atoms with Crippen LogP contribution in [-0.4, -0.2) is 23.8 Å². The Kier molecular flexibility index (Phi) is 11.5. The van der Waals surface area contributed by atoms with E-state index in [1.807, 2.05) is 12.1 Å². The second kappa shape index (κ2) is 14.6. The Balaban J connectivity index is 0.000000287. The molecule has 3 aromatic rings. The van der Waals surface area contributed by atoms with Gasteiger partial charge in [-0.05, 0) is 85.3 Å². The van der Waals surface area contributed by atoms with Crippen LogP contribution in [0.15, 0.2) is 72.8 Å². The van der Waals surface area contributed by atoms with Gasteiger partial charge in [0.15, 0.2) is 5.78 Å². The summed E-state index contributed by atoms with van der Waals surface area (Å²) in [7, 11) is 0. The zero-order valence-corrected chi connectivity index (χ0v) is 23.9. The minimum Gasteiger partial charge on any atom is -0.489 e. The van der Waals surface area contributed by atoms with Crippen molar-refractivity contribution in [2.75, 3.05) is 13.1 Å². The normalized spacial score (nSPS) is 14.2. The molecular weight excluding hydrogens is 566 g/mol. The van der Waals surface area contributed by atoms with E-state index in [-0.39, 0.29) is 5.78 Å². The summed E-state index contributed by atoms with van der Waals surface area (Å²) in [5, 5.41) is 1.88. The molecule has 0 saturated carbocycles. The first-order valence-electron chi connectivity index (χ1n) is 12.2. The molecule has 186 valence electrons. The summed E-state index contributed by atoms with van der Waals surface area (Å²) in [6.07, 6.45) is 2.63. The minimum absolute atomic E-state index is 0.0744. The maximum Gasteiger partial charge on any atom is 0.159 e. The minimum atomic E-state index is 0.0744. The van der Waals surface area contributed by atoms with Gasteiger partial charge in [0.05, 0.1) is 0 Å². The van der Waals surface area contributed by atoms with Crippen molar-refractivity contribution in [3.05, 3.63) is 101 Å². The van der Waals surface area contributed by atoms with Crippen molar-refractivity contribution in [2.45, 2.75) is 50.5 Å². The van der Waals surface area contributed by atoms with Crippen LogP contribution in [0.3, 0.4) is 0 Å². The van der Waals surface area contributed by atoms with E-state index in [0.29, 0.717) is 12.2 Å². The van der Waals surface area contributed by atoms with Crippen molar-refractivity contribution in [3.63, 3.8) is 0 Å². The number of rotatable bonds is 8. The highest BCUT2D eigenvalue weighted by Crippen LogP contribution is 2.19. The lowest BCUT2D eigenvalue weighted by molar-refractivity contribution is 0.101. The number of halogens is 2. The van der Waals surface area contributed by atoms with Crippen molar-refractivity contribution >= 4 is 37.6 Å². The predicted octanol–water partition coefficient (Wildman–Crippen LogP) is 8.18. The van der Waals surface area contributed by atoms with Gasteiger partial charge in [-0.3, -0.25) is 9.69 Å². The number of piperidine rings is 1. The fourth-order valence-electron chi connectivity index (χ4n) is 3.89. The first-order valence-corrected chi connectivity index (χ1v) is 14.4. The molecule has 4 rings (SSSR count). The van der Waals surface area contributed by atoms with E-state index >= 15 is 0 Å². The van der Waals surface area contributed by atoms with Crippen LogP contribution in [0.5, 0.6) is 5.75 Å². The van der Waals surface area contributed by atoms with Gasteiger partial charge in [-0.2, -0.15) is 0 Å². The lowest BCUT2D eigenvalue weighted by atomic mass is 9.99. The number of Topliss-reactive ketones (excluding diaryl/α,β-unsaturated/α-hetero) is 1. The quantitative estimate of drug-likeness (QED) is 0.193. The van der Waals surface area contributed by atoms with Gasteiger partial charge in [-0.25, -0.2) is 0 Å². The van der Waals surface area contributed by atoms with Crippen LogP contribution in [0.2, 0.25) is 0 Å². The average molecular weight is 601 g/mol. The molecule has 3 aromatic carbocycles. The number of hydrogen-bond acceptors (Lipinski definition) is 3. The van der Waals surface area contributed by atoms with Gasteiger partial charge in [-0.1, -0.05) is 87.3 Å². The molecule has 0 amide bonds. The highest BCUT2D eigenvalue weighted by molar-refractivity contribution is 9.08. The summed E-state index contributed by atoms with van der Waals surface area (Å²) in [5.41, 5.74) is 5.88. The molecule has 1 saturated heterocycles. The largest absolute Gasteiger partial charge is 0.489 e. The second-order valence-corrected chi connectivity index (χ2v) is 10.3. The molecular formula is C30H35Br2NO2. The highest BCUT2D eigenvalue weighted by atomic mass is 79.9. The van der Waals surface area contributed by atoms with Gasteiger partial charge in [0.2, 0.25) is 0 Å². The monoisotopic (exact) mass is 599 g/mol. The second-order valence-electron chi connectivity index (χ2n) is 9.23. The number of likely N-dealkylation sites (tertiary alicyclic amines) is 1. The van der Waals surface area contributed by atoms with Crippen molar-refractivity contribution in [2.24, 2.45) is 5.92 Å². The molecule has 0 unspecified atom stereocenters. The zero-order chi connectivity index (χ0) is 25.0. The van der Waals surface area contributed by atoms with Gasteiger partial charge in [0.1, 0.15) is 12.4 Å². The fraction of sp³-hybridized carbons (Fsp3) is 0.367. The summed E-state index contributed by atoms with van der Waals surface area (Å²) in [6, 6.07) is 24.5. The molecule has 1 aliphatic heterocycles. The Bertz CT molecular complexity index is 1000. The van der Waals surface area contributed by atoms with E-state index in [9.17, 15) is 4.79 Å². The fourth-order valence-corrected chi connectivity index (χ4v) is 4.64. The number of carbonyl (C=O) groups excluding carboxylic acids is 1. The maximum atomic E-state index is 11.3. The number of carbonyl (C=O) groups is 1. The van der Waals surface area contributed by atoms with Gasteiger partial charge < -0.3 is 4.74 Å². The third-order valence-electron chi connectivity index (χ3n) is 6.30. The average Bonchev–Trinajstić information content (AvgIpc) is 2.90. The van der Waals surface area contributed by atoms with E-state index < -0.39 is 0 Å². The molecule has 1 heterocycles. The molecule has 1 aliphatic rings. The molecule has 35 heavy (non-hydrogen) atoms. The van der Waals surface area contributed by atoms with E-state index in [1.54, 1.807) is 19.1 Å². The highest BCUT2D eigenvalue weighted by Gasteiger charge is 2.15. The van der Waals surface area contributed by atoms with Crippen LogP contribution in [0.1, 0.15) is 59.3 Å². The number of hydrogen-bond donors (Lipinski definition) is 0. The third-order valence-corrected chi connectivity index (χ3v) is 7.60. The van der Waals surface area contributed by atoms with Crippen LogP contribution < -0.4 is 4.74 Å². The number of alkyl halides is 2. The number of ether oxygens (including phenoxy) is 1. The van der Waals surface area contributed by atoms with Crippen molar-refractivity contribution in [1.29, 1.82) is 0 Å². The van der Waals surface area contributed by atoms with E-state index in [1.165, 1.54) is 42.6 Å². The summed E-state index contributed by atoms with van der Waals surface area (Å²) in [5.74, 6) is 1.74. The molecule has 0 bridgehead atoms. The van der Waals surface area contributed by atoms with Crippen LogP contribution in [0.4, 0.5) is 0 Å². The van der Waals surface area contributed by atoms with Crippen LogP contribution in [0, 0.1) is 5.92 Å². The molecule has 0 spiro atoms. The van der Waals surface area contributed by atoms with Crippen LogP contribution in [-0.2, 0) is 23.8 Å². The molecule has 0 N–H and O–H groups in total. The van der Waals surface area contributed by atoms with Gasteiger partial charge in [0.25, 0.3) is 0 Å². The smallest absolute Gasteiger partial charge is 0.159 e. The summed E-state index contributed by atoms with van der Waals surface area (Å²) in [4.78, 5) is 13.8. The molecule has 0 aliphatic carbocycles. The first kappa shape index (κ1) is 27.6. The molecule has 1 fully saturated rings. The molecule has 5 heteroatoms. The number of benzene rings is 3. The van der Waals surface area contributed by atoms with E-state index in [4.69, 9.17) is 4.74 Å². The van der Waals surface area contributed by atoms with E-state index in [0.717, 1.165) is 34.4 Å². The lowest BCUT2D eigenvalue weighted by Gasteiger charge is -2.30. The Morgan fingerprint density at radius 1 is 0.800 bits per heavy atom. The van der Waals surface area contributed by atoms with Gasteiger partial charge in [0, 0.05) is 22.8 Å². The molecule has 0 atom stereocenters. The molecule has 3 nitrogen and oxygen atoms in total. The maximum absolute atomic E-state index is 11.3.